The fourth-order valence-corrected chi connectivity index (χ4v) is 1.83. The van der Waals surface area contributed by atoms with Crippen molar-refractivity contribution in [3.63, 3.8) is 0 Å². The number of anilines is 1. The third-order valence-corrected chi connectivity index (χ3v) is 2.60. The predicted molar refractivity (Wildman–Crippen MR) is 62.6 cm³/mol. The molecule has 1 aromatic carbocycles. The van der Waals surface area contributed by atoms with E-state index < -0.39 is 0 Å². The minimum Gasteiger partial charge on any atom is -0.396 e. The van der Waals surface area contributed by atoms with Gasteiger partial charge in [-0.15, -0.1) is 0 Å². The first-order valence-corrected chi connectivity index (χ1v) is 5.37. The van der Waals surface area contributed by atoms with Gasteiger partial charge in [-0.2, -0.15) is 0 Å². The number of rotatable bonds is 4. The highest BCUT2D eigenvalue weighted by molar-refractivity contribution is 5.82. The van der Waals surface area contributed by atoms with Gasteiger partial charge in [0.1, 0.15) is 0 Å². The zero-order valence-electron chi connectivity index (χ0n) is 8.76. The molecule has 15 heavy (non-hydrogen) atoms. The summed E-state index contributed by atoms with van der Waals surface area (Å²) >= 11 is 0. The second kappa shape index (κ2) is 4.94. The first-order chi connectivity index (χ1) is 7.42. The van der Waals surface area contributed by atoms with Gasteiger partial charge in [0, 0.05) is 18.8 Å². The van der Waals surface area contributed by atoms with Crippen LogP contribution in [-0.2, 0) is 6.42 Å². The minimum atomic E-state index is 0.252. The standard InChI is InChI=1S/C12H16N2O/c15-9-3-5-11-4-1-2-6-12(11)14-8-7-13-10-14/h1-2,4,6,10,15H,3,5,7-9H2. The largest absolute Gasteiger partial charge is 0.396 e. The van der Waals surface area contributed by atoms with Crippen molar-refractivity contribution in [3.8, 4) is 0 Å². The molecule has 0 spiro atoms. The van der Waals surface area contributed by atoms with Crippen molar-refractivity contribution < 1.29 is 5.11 Å². The molecule has 3 nitrogen and oxygen atoms in total. The van der Waals surface area contributed by atoms with E-state index in [4.69, 9.17) is 5.11 Å². The molecule has 80 valence electrons. The Morgan fingerprint density at radius 1 is 1.33 bits per heavy atom. The summed E-state index contributed by atoms with van der Waals surface area (Å²) in [6.07, 6.45) is 3.65. The van der Waals surface area contributed by atoms with E-state index in [2.05, 4.69) is 22.0 Å². The number of hydrogen-bond donors (Lipinski definition) is 1. The van der Waals surface area contributed by atoms with Crippen molar-refractivity contribution in [2.75, 3.05) is 24.6 Å². The molecule has 0 aromatic heterocycles. The van der Waals surface area contributed by atoms with Gasteiger partial charge in [-0.1, -0.05) is 18.2 Å². The fraction of sp³-hybridized carbons (Fsp3) is 0.417. The maximum atomic E-state index is 8.84. The summed E-state index contributed by atoms with van der Waals surface area (Å²) in [6, 6.07) is 8.33. The summed E-state index contributed by atoms with van der Waals surface area (Å²) in [5.41, 5.74) is 2.52. The average Bonchev–Trinajstić information content (AvgIpc) is 2.80. The van der Waals surface area contributed by atoms with E-state index in [-0.39, 0.29) is 6.61 Å². The van der Waals surface area contributed by atoms with Crippen molar-refractivity contribution >= 4 is 12.0 Å². The van der Waals surface area contributed by atoms with Crippen LogP contribution >= 0.6 is 0 Å². The van der Waals surface area contributed by atoms with Gasteiger partial charge in [0.25, 0.3) is 0 Å². The number of aliphatic hydroxyl groups excluding tert-OH is 1. The fourth-order valence-electron chi connectivity index (χ4n) is 1.83. The number of benzene rings is 1. The second-order valence-corrected chi connectivity index (χ2v) is 3.67. The van der Waals surface area contributed by atoms with Crippen LogP contribution in [0.2, 0.25) is 0 Å². The Kier molecular flexibility index (Phi) is 3.35. The maximum absolute atomic E-state index is 8.84. The van der Waals surface area contributed by atoms with Gasteiger partial charge in [0.15, 0.2) is 0 Å². The number of aliphatic hydroxyl groups is 1. The molecule has 1 aliphatic heterocycles. The summed E-state index contributed by atoms with van der Waals surface area (Å²) in [6.45, 7) is 2.10. The van der Waals surface area contributed by atoms with Crippen LogP contribution in [0, 0.1) is 0 Å². The molecule has 0 amide bonds. The van der Waals surface area contributed by atoms with Gasteiger partial charge < -0.3 is 10.0 Å². The molecule has 0 saturated heterocycles. The monoisotopic (exact) mass is 204 g/mol. The summed E-state index contributed by atoms with van der Waals surface area (Å²) in [5, 5.41) is 8.84. The van der Waals surface area contributed by atoms with Crippen molar-refractivity contribution in [1.82, 2.24) is 0 Å². The van der Waals surface area contributed by atoms with Crippen molar-refractivity contribution in [3.05, 3.63) is 29.8 Å². The van der Waals surface area contributed by atoms with Crippen LogP contribution < -0.4 is 4.90 Å². The van der Waals surface area contributed by atoms with E-state index in [1.54, 1.807) is 0 Å². The van der Waals surface area contributed by atoms with E-state index >= 15 is 0 Å². The van der Waals surface area contributed by atoms with Gasteiger partial charge in [0.2, 0.25) is 0 Å². The Balaban J connectivity index is 2.17. The van der Waals surface area contributed by atoms with Crippen LogP contribution in [0.15, 0.2) is 29.3 Å². The smallest absolute Gasteiger partial charge is 0.0895 e. The molecule has 0 atom stereocenters. The Labute approximate surface area is 90.1 Å². The molecule has 0 fully saturated rings. The lowest BCUT2D eigenvalue weighted by atomic mass is 10.1. The van der Waals surface area contributed by atoms with E-state index in [1.807, 2.05) is 18.5 Å². The zero-order chi connectivity index (χ0) is 10.5. The highest BCUT2D eigenvalue weighted by Gasteiger charge is 2.11. The molecule has 0 saturated carbocycles. The molecule has 0 bridgehead atoms. The molecule has 1 N–H and O–H groups in total. The SMILES string of the molecule is OCCCc1ccccc1N1C=NCC1. The molecule has 0 radical (unpaired) electrons. The lowest BCUT2D eigenvalue weighted by Crippen LogP contribution is -2.19. The van der Waals surface area contributed by atoms with Crippen LogP contribution in [0.4, 0.5) is 5.69 Å². The van der Waals surface area contributed by atoms with Crippen molar-refractivity contribution in [2.24, 2.45) is 4.99 Å². The van der Waals surface area contributed by atoms with E-state index in [0.29, 0.717) is 0 Å². The lowest BCUT2D eigenvalue weighted by Gasteiger charge is -2.18. The van der Waals surface area contributed by atoms with Gasteiger partial charge in [-0.05, 0) is 24.5 Å². The minimum absolute atomic E-state index is 0.252. The van der Waals surface area contributed by atoms with E-state index in [9.17, 15) is 0 Å². The number of nitrogens with zero attached hydrogens (tertiary/aromatic N) is 2. The molecular weight excluding hydrogens is 188 g/mol. The average molecular weight is 204 g/mol. The number of aryl methyl sites for hydroxylation is 1. The normalized spacial score (nSPS) is 14.9. The van der Waals surface area contributed by atoms with E-state index in [1.165, 1.54) is 11.3 Å². The quantitative estimate of drug-likeness (QED) is 0.806. The number of hydrogen-bond acceptors (Lipinski definition) is 3. The molecule has 0 unspecified atom stereocenters. The predicted octanol–water partition coefficient (Wildman–Crippen LogP) is 1.46. The third kappa shape index (κ3) is 2.36. The first kappa shape index (κ1) is 10.2. The summed E-state index contributed by atoms with van der Waals surface area (Å²) in [7, 11) is 0. The summed E-state index contributed by atoms with van der Waals surface area (Å²) in [4.78, 5) is 6.39. The second-order valence-electron chi connectivity index (χ2n) is 3.67. The maximum Gasteiger partial charge on any atom is 0.0895 e. The Morgan fingerprint density at radius 2 is 2.20 bits per heavy atom. The molecular formula is C12H16N2O. The van der Waals surface area contributed by atoms with Gasteiger partial charge in [0.05, 0.1) is 12.9 Å². The third-order valence-electron chi connectivity index (χ3n) is 2.60. The zero-order valence-corrected chi connectivity index (χ0v) is 8.76. The van der Waals surface area contributed by atoms with Crippen LogP contribution in [-0.4, -0.2) is 31.1 Å². The van der Waals surface area contributed by atoms with Gasteiger partial charge >= 0.3 is 0 Å². The number of aliphatic imine (C=N–C) groups is 1. The Bertz CT molecular complexity index is 349. The molecule has 1 aliphatic rings. The first-order valence-electron chi connectivity index (χ1n) is 5.37. The van der Waals surface area contributed by atoms with E-state index in [0.717, 1.165) is 25.9 Å². The Morgan fingerprint density at radius 3 is 2.93 bits per heavy atom. The number of para-hydroxylation sites is 1. The van der Waals surface area contributed by atoms with Crippen LogP contribution in [0.5, 0.6) is 0 Å². The van der Waals surface area contributed by atoms with Crippen LogP contribution in [0.3, 0.4) is 0 Å². The van der Waals surface area contributed by atoms with Gasteiger partial charge in [-0.3, -0.25) is 4.99 Å². The van der Waals surface area contributed by atoms with Crippen LogP contribution in [0.25, 0.3) is 0 Å². The molecule has 1 aromatic rings. The van der Waals surface area contributed by atoms with Crippen molar-refractivity contribution in [1.29, 1.82) is 0 Å². The summed E-state index contributed by atoms with van der Waals surface area (Å²) < 4.78 is 0. The van der Waals surface area contributed by atoms with Gasteiger partial charge in [-0.25, -0.2) is 0 Å². The van der Waals surface area contributed by atoms with Crippen molar-refractivity contribution in [2.45, 2.75) is 12.8 Å². The Hall–Kier alpha value is -1.35. The van der Waals surface area contributed by atoms with Crippen LogP contribution in [0.1, 0.15) is 12.0 Å². The lowest BCUT2D eigenvalue weighted by molar-refractivity contribution is 0.288. The molecule has 1 heterocycles. The highest BCUT2D eigenvalue weighted by Crippen LogP contribution is 2.21. The molecule has 0 aliphatic carbocycles. The highest BCUT2D eigenvalue weighted by atomic mass is 16.2. The molecule has 3 heteroatoms. The topological polar surface area (TPSA) is 35.8 Å². The molecule has 2 rings (SSSR count). The summed E-state index contributed by atoms with van der Waals surface area (Å²) in [5.74, 6) is 0.